The second-order valence-corrected chi connectivity index (χ2v) is 7.91. The largest absolute Gasteiger partial charge is 0.484 e. The molecule has 1 amide bonds. The highest BCUT2D eigenvalue weighted by molar-refractivity contribution is 5.90. The summed E-state index contributed by atoms with van der Waals surface area (Å²) in [6.07, 6.45) is -0.654. The normalized spacial score (nSPS) is 20.7. The van der Waals surface area contributed by atoms with Gasteiger partial charge in [0.15, 0.2) is 17.8 Å². The highest BCUT2D eigenvalue weighted by Gasteiger charge is 2.35. The van der Waals surface area contributed by atoms with E-state index in [1.165, 1.54) is 10.9 Å². The van der Waals surface area contributed by atoms with E-state index in [2.05, 4.69) is 34.1 Å². The van der Waals surface area contributed by atoms with Crippen molar-refractivity contribution in [3.05, 3.63) is 46.5 Å². The lowest BCUT2D eigenvalue weighted by atomic mass is 10.0. The van der Waals surface area contributed by atoms with E-state index in [0.717, 1.165) is 5.56 Å². The highest BCUT2D eigenvalue weighted by Crippen LogP contribution is 2.30. The van der Waals surface area contributed by atoms with Crippen LogP contribution in [0.2, 0.25) is 0 Å². The maximum atomic E-state index is 12.4. The van der Waals surface area contributed by atoms with Gasteiger partial charge >= 0.3 is 0 Å². The first-order valence-corrected chi connectivity index (χ1v) is 10.3. The zero-order valence-corrected chi connectivity index (χ0v) is 17.7. The van der Waals surface area contributed by atoms with Crippen molar-refractivity contribution in [2.75, 3.05) is 18.5 Å². The molecule has 1 aromatic carbocycles. The van der Waals surface area contributed by atoms with Gasteiger partial charge in [0.2, 0.25) is 5.95 Å². The van der Waals surface area contributed by atoms with Gasteiger partial charge in [-0.25, -0.2) is 4.98 Å². The first-order chi connectivity index (χ1) is 15.4. The van der Waals surface area contributed by atoms with Crippen LogP contribution in [0.15, 0.2) is 35.4 Å². The smallest absolute Gasteiger partial charge is 0.280 e. The number of carbonyl (C=O) groups excluding carboxylic acids is 1. The molecule has 0 spiro atoms. The summed E-state index contributed by atoms with van der Waals surface area (Å²) in [5.74, 6) is 0.380. The van der Waals surface area contributed by atoms with E-state index in [9.17, 15) is 19.8 Å². The number of nitrogens with zero attached hydrogens (tertiary/aromatic N) is 3. The van der Waals surface area contributed by atoms with Crippen molar-refractivity contribution in [3.63, 3.8) is 0 Å². The number of benzene rings is 1. The quantitative estimate of drug-likeness (QED) is 0.420. The minimum absolute atomic E-state index is 0.0646. The molecular weight excluding hydrogens is 418 g/mol. The van der Waals surface area contributed by atoms with Crippen molar-refractivity contribution in [2.45, 2.75) is 44.6 Å². The van der Waals surface area contributed by atoms with Gasteiger partial charge in [0.1, 0.15) is 18.1 Å². The van der Waals surface area contributed by atoms with Gasteiger partial charge in [-0.1, -0.05) is 26.0 Å². The standard InChI is InChI=1S/C21H25N5O6/c1-11(2)12-3-5-13(6-4-12)31-9-16(29)23-21-24-19-18(20(30)25-21)22-10-26(19)17-7-14(28)15(8-27)32-17/h3-6,10-11,14-15,17,27-28H,7-9H2,1-2H3,(H2,23,24,25,29,30)/t14-,15+,17+/m0/s1. The summed E-state index contributed by atoms with van der Waals surface area (Å²) in [4.78, 5) is 35.5. The number of ether oxygens (including phenoxy) is 2. The molecule has 3 aromatic rings. The zero-order valence-electron chi connectivity index (χ0n) is 17.7. The van der Waals surface area contributed by atoms with Crippen molar-refractivity contribution < 1.29 is 24.5 Å². The Morgan fingerprint density at radius 2 is 2.12 bits per heavy atom. The van der Waals surface area contributed by atoms with E-state index < -0.39 is 29.9 Å². The van der Waals surface area contributed by atoms with E-state index >= 15 is 0 Å². The number of hydrogen-bond acceptors (Lipinski definition) is 8. The van der Waals surface area contributed by atoms with Gasteiger partial charge in [-0.15, -0.1) is 0 Å². The Hall–Kier alpha value is -3.28. The van der Waals surface area contributed by atoms with Crippen molar-refractivity contribution >= 4 is 23.0 Å². The third kappa shape index (κ3) is 4.49. The summed E-state index contributed by atoms with van der Waals surface area (Å²) >= 11 is 0. The third-order valence-corrected chi connectivity index (χ3v) is 5.30. The average Bonchev–Trinajstić information content (AvgIpc) is 3.35. The number of hydrogen-bond donors (Lipinski definition) is 4. The Morgan fingerprint density at radius 1 is 1.38 bits per heavy atom. The molecule has 4 rings (SSSR count). The predicted octanol–water partition coefficient (Wildman–Crippen LogP) is 0.901. The van der Waals surface area contributed by atoms with Gasteiger partial charge < -0.3 is 19.7 Å². The van der Waals surface area contributed by atoms with Gasteiger partial charge in [0.25, 0.3) is 11.5 Å². The zero-order chi connectivity index (χ0) is 22.8. The van der Waals surface area contributed by atoms with E-state index in [0.29, 0.717) is 11.7 Å². The summed E-state index contributed by atoms with van der Waals surface area (Å²) in [5, 5.41) is 21.8. The molecule has 11 nitrogen and oxygen atoms in total. The molecule has 3 heterocycles. The van der Waals surface area contributed by atoms with Crippen LogP contribution in [0.3, 0.4) is 0 Å². The second-order valence-electron chi connectivity index (χ2n) is 7.91. The van der Waals surface area contributed by atoms with Crippen LogP contribution < -0.4 is 15.6 Å². The molecule has 2 aromatic heterocycles. The van der Waals surface area contributed by atoms with Crippen LogP contribution in [0.4, 0.5) is 5.95 Å². The molecule has 0 radical (unpaired) electrons. The summed E-state index contributed by atoms with van der Waals surface area (Å²) in [5.41, 5.74) is 0.879. The topological polar surface area (TPSA) is 152 Å². The Morgan fingerprint density at radius 3 is 2.78 bits per heavy atom. The van der Waals surface area contributed by atoms with Crippen LogP contribution in [0.5, 0.6) is 5.75 Å². The van der Waals surface area contributed by atoms with E-state index in [-0.39, 0.29) is 36.7 Å². The minimum atomic E-state index is -0.852. The first-order valence-electron chi connectivity index (χ1n) is 10.3. The number of aromatic amines is 1. The number of imidazole rings is 1. The van der Waals surface area contributed by atoms with Crippen molar-refractivity contribution in [2.24, 2.45) is 0 Å². The van der Waals surface area contributed by atoms with Crippen LogP contribution in [0.1, 0.15) is 38.0 Å². The highest BCUT2D eigenvalue weighted by atomic mass is 16.5. The van der Waals surface area contributed by atoms with Crippen molar-refractivity contribution in [3.8, 4) is 5.75 Å². The van der Waals surface area contributed by atoms with Gasteiger partial charge in [0.05, 0.1) is 19.0 Å². The summed E-state index contributed by atoms with van der Waals surface area (Å²) in [6.45, 7) is 3.58. The van der Waals surface area contributed by atoms with Crippen LogP contribution in [0.25, 0.3) is 11.2 Å². The Labute approximate surface area is 183 Å². The fraction of sp³-hybridized carbons (Fsp3) is 0.429. The Balaban J connectivity index is 1.46. The molecule has 0 aliphatic carbocycles. The summed E-state index contributed by atoms with van der Waals surface area (Å²) < 4.78 is 12.6. The lowest BCUT2D eigenvalue weighted by Gasteiger charge is -2.14. The van der Waals surface area contributed by atoms with E-state index in [1.54, 1.807) is 12.1 Å². The average molecular weight is 443 g/mol. The number of fused-ring (bicyclic) bond motifs is 1. The molecule has 0 saturated carbocycles. The number of aromatic nitrogens is 4. The summed E-state index contributed by atoms with van der Waals surface area (Å²) in [6, 6.07) is 7.47. The number of aliphatic hydroxyl groups excluding tert-OH is 2. The number of H-pyrrole nitrogens is 1. The van der Waals surface area contributed by atoms with Gasteiger partial charge in [0, 0.05) is 6.42 Å². The third-order valence-electron chi connectivity index (χ3n) is 5.30. The Kier molecular flexibility index (Phi) is 6.21. The van der Waals surface area contributed by atoms with Crippen LogP contribution in [0, 0.1) is 0 Å². The van der Waals surface area contributed by atoms with Crippen molar-refractivity contribution in [1.29, 1.82) is 0 Å². The Bertz CT molecular complexity index is 1160. The molecule has 1 fully saturated rings. The molecule has 1 aliphatic rings. The van der Waals surface area contributed by atoms with E-state index in [4.69, 9.17) is 9.47 Å². The fourth-order valence-electron chi connectivity index (χ4n) is 3.51. The van der Waals surface area contributed by atoms with Crippen LogP contribution >= 0.6 is 0 Å². The molecule has 1 saturated heterocycles. The molecule has 4 N–H and O–H groups in total. The molecule has 0 bridgehead atoms. The van der Waals surface area contributed by atoms with Crippen molar-refractivity contribution in [1.82, 2.24) is 19.5 Å². The maximum absolute atomic E-state index is 12.4. The minimum Gasteiger partial charge on any atom is -0.484 e. The van der Waals surface area contributed by atoms with Crippen LogP contribution in [-0.2, 0) is 9.53 Å². The lowest BCUT2D eigenvalue weighted by molar-refractivity contribution is -0.118. The first kappa shape index (κ1) is 21.9. The number of amides is 1. The molecular formula is C21H25N5O6. The van der Waals surface area contributed by atoms with Gasteiger partial charge in [-0.3, -0.25) is 24.5 Å². The number of aliphatic hydroxyl groups is 2. The number of carbonyl (C=O) groups is 1. The van der Waals surface area contributed by atoms with Gasteiger partial charge in [-0.05, 0) is 23.6 Å². The van der Waals surface area contributed by atoms with Gasteiger partial charge in [-0.2, -0.15) is 4.98 Å². The number of rotatable bonds is 7. The molecule has 0 unspecified atom stereocenters. The molecule has 170 valence electrons. The van der Waals surface area contributed by atoms with E-state index in [1.807, 2.05) is 12.1 Å². The molecule has 1 aliphatic heterocycles. The molecule has 32 heavy (non-hydrogen) atoms. The summed E-state index contributed by atoms with van der Waals surface area (Å²) in [7, 11) is 0. The number of nitrogens with one attached hydrogen (secondary N) is 2. The SMILES string of the molecule is CC(C)c1ccc(OCC(=O)Nc2nc3c(ncn3[C@H]3C[C@H](O)[C@@H](CO)O3)c(=O)[nH]2)cc1. The fourth-order valence-corrected chi connectivity index (χ4v) is 3.51. The predicted molar refractivity (Wildman–Crippen MR) is 114 cm³/mol. The lowest BCUT2D eigenvalue weighted by Crippen LogP contribution is -2.24. The monoisotopic (exact) mass is 443 g/mol. The molecule has 3 atom stereocenters. The second kappa shape index (κ2) is 9.07. The van der Waals surface area contributed by atoms with Crippen LogP contribution in [-0.4, -0.2) is 61.1 Å². The number of anilines is 1. The molecule has 11 heteroatoms. The maximum Gasteiger partial charge on any atom is 0.280 e.